The fourth-order valence-electron chi connectivity index (χ4n) is 2.81. The summed E-state index contributed by atoms with van der Waals surface area (Å²) in [5.74, 6) is 1.13. The van der Waals surface area contributed by atoms with E-state index in [1.54, 1.807) is 19.0 Å². The van der Waals surface area contributed by atoms with E-state index >= 15 is 0 Å². The molecule has 1 aromatic carbocycles. The quantitative estimate of drug-likeness (QED) is 0.216. The normalized spacial score (nSPS) is 17.3. The molecule has 1 aliphatic heterocycles. The molecule has 0 radical (unpaired) electrons. The predicted octanol–water partition coefficient (Wildman–Crippen LogP) is 2.43. The van der Waals surface area contributed by atoms with E-state index < -0.39 is 0 Å². The second kappa shape index (κ2) is 14.6. The molecule has 0 bridgehead atoms. The summed E-state index contributed by atoms with van der Waals surface area (Å²) < 4.78 is 11.3. The minimum Gasteiger partial charge on any atom is -0.381 e. The number of likely N-dealkylation sites (N-methyl/N-ethyl adjacent to an activating group) is 1. The Hall–Kier alpha value is -1.39. The molecule has 164 valence electrons. The zero-order valence-electron chi connectivity index (χ0n) is 17.7. The van der Waals surface area contributed by atoms with Crippen molar-refractivity contribution in [3.63, 3.8) is 0 Å². The zero-order valence-corrected chi connectivity index (χ0v) is 20.1. The smallest absolute Gasteiger partial charge is 0.243 e. The van der Waals surface area contributed by atoms with E-state index in [4.69, 9.17) is 9.47 Å². The van der Waals surface area contributed by atoms with Crippen molar-refractivity contribution in [3.8, 4) is 0 Å². The summed E-state index contributed by atoms with van der Waals surface area (Å²) >= 11 is 0. The first kappa shape index (κ1) is 25.6. The van der Waals surface area contributed by atoms with Crippen LogP contribution in [0, 0.1) is 5.92 Å². The van der Waals surface area contributed by atoms with Crippen molar-refractivity contribution >= 4 is 35.8 Å². The fourth-order valence-corrected chi connectivity index (χ4v) is 2.81. The van der Waals surface area contributed by atoms with Gasteiger partial charge in [-0.1, -0.05) is 30.3 Å². The van der Waals surface area contributed by atoms with Gasteiger partial charge in [0.2, 0.25) is 5.91 Å². The Morgan fingerprint density at radius 1 is 1.31 bits per heavy atom. The number of halogens is 1. The molecule has 0 spiro atoms. The molecular weight excluding hydrogens is 483 g/mol. The van der Waals surface area contributed by atoms with E-state index in [-0.39, 0.29) is 42.5 Å². The Kier molecular flexibility index (Phi) is 12.9. The molecule has 1 heterocycles. The highest BCUT2D eigenvalue weighted by molar-refractivity contribution is 14.0. The Labute approximate surface area is 191 Å². The van der Waals surface area contributed by atoms with E-state index in [1.807, 2.05) is 18.2 Å². The SMILES string of the molecule is CC(OCCCNC(=NCC(=O)N(C)C)NCC1CCOC1)c1ccccc1.I. The van der Waals surface area contributed by atoms with Gasteiger partial charge in [-0.3, -0.25) is 4.79 Å². The van der Waals surface area contributed by atoms with Gasteiger partial charge in [-0.05, 0) is 25.3 Å². The van der Waals surface area contributed by atoms with Crippen molar-refractivity contribution in [1.29, 1.82) is 0 Å². The molecule has 2 rings (SSSR count). The molecule has 1 fully saturated rings. The highest BCUT2D eigenvalue weighted by atomic mass is 127. The summed E-state index contributed by atoms with van der Waals surface area (Å²) in [4.78, 5) is 17.8. The number of amides is 1. The number of nitrogens with one attached hydrogen (secondary N) is 2. The maximum absolute atomic E-state index is 11.8. The number of ether oxygens (including phenoxy) is 2. The van der Waals surface area contributed by atoms with Crippen molar-refractivity contribution in [3.05, 3.63) is 35.9 Å². The highest BCUT2D eigenvalue weighted by Gasteiger charge is 2.16. The maximum atomic E-state index is 11.8. The average molecular weight is 518 g/mol. The van der Waals surface area contributed by atoms with Crippen molar-refractivity contribution in [2.45, 2.75) is 25.9 Å². The third kappa shape index (κ3) is 10.3. The molecule has 0 aliphatic carbocycles. The molecular formula is C21H35IN4O3. The first-order valence-electron chi connectivity index (χ1n) is 10.0. The topological polar surface area (TPSA) is 75.2 Å². The number of hydrogen-bond acceptors (Lipinski definition) is 4. The zero-order chi connectivity index (χ0) is 20.2. The van der Waals surface area contributed by atoms with Crippen LogP contribution >= 0.6 is 24.0 Å². The molecule has 8 heteroatoms. The maximum Gasteiger partial charge on any atom is 0.243 e. The third-order valence-electron chi connectivity index (χ3n) is 4.70. The third-order valence-corrected chi connectivity index (χ3v) is 4.70. The largest absolute Gasteiger partial charge is 0.381 e. The Bertz CT molecular complexity index is 607. The number of carbonyl (C=O) groups excluding carboxylic acids is 1. The lowest BCUT2D eigenvalue weighted by molar-refractivity contribution is -0.127. The van der Waals surface area contributed by atoms with Crippen LogP contribution < -0.4 is 10.6 Å². The molecule has 2 atom stereocenters. The molecule has 0 aromatic heterocycles. The van der Waals surface area contributed by atoms with Gasteiger partial charge in [0.05, 0.1) is 12.7 Å². The monoisotopic (exact) mass is 518 g/mol. The van der Waals surface area contributed by atoms with Crippen LogP contribution in [0.15, 0.2) is 35.3 Å². The van der Waals surface area contributed by atoms with Crippen LogP contribution in [-0.4, -0.2) is 70.3 Å². The summed E-state index contributed by atoms with van der Waals surface area (Å²) in [6, 6.07) is 10.2. The van der Waals surface area contributed by atoms with Gasteiger partial charge < -0.3 is 25.0 Å². The molecule has 2 N–H and O–H groups in total. The fraction of sp³-hybridized carbons (Fsp3) is 0.619. The summed E-state index contributed by atoms with van der Waals surface area (Å²) in [6.07, 6.45) is 1.99. The van der Waals surface area contributed by atoms with Crippen molar-refractivity contribution < 1.29 is 14.3 Å². The lowest BCUT2D eigenvalue weighted by atomic mass is 10.1. The summed E-state index contributed by atoms with van der Waals surface area (Å²) in [5.41, 5.74) is 1.18. The van der Waals surface area contributed by atoms with Gasteiger partial charge in [0.15, 0.2) is 5.96 Å². The molecule has 1 aromatic rings. The number of nitrogens with zero attached hydrogens (tertiary/aromatic N) is 2. The van der Waals surface area contributed by atoms with Crippen molar-refractivity contribution in [2.75, 3.05) is 53.6 Å². The van der Waals surface area contributed by atoms with Crippen LogP contribution in [0.3, 0.4) is 0 Å². The number of hydrogen-bond donors (Lipinski definition) is 2. The van der Waals surface area contributed by atoms with Crippen molar-refractivity contribution in [2.24, 2.45) is 10.9 Å². The second-order valence-corrected chi connectivity index (χ2v) is 7.27. The number of carbonyl (C=O) groups is 1. The molecule has 29 heavy (non-hydrogen) atoms. The van der Waals surface area contributed by atoms with Crippen LogP contribution in [0.4, 0.5) is 0 Å². The molecule has 1 saturated heterocycles. The number of guanidine groups is 1. The lowest BCUT2D eigenvalue weighted by Crippen LogP contribution is -2.41. The van der Waals surface area contributed by atoms with E-state index in [9.17, 15) is 4.79 Å². The average Bonchev–Trinajstić information content (AvgIpc) is 3.23. The van der Waals surface area contributed by atoms with Crippen LogP contribution in [0.1, 0.15) is 31.4 Å². The Morgan fingerprint density at radius 2 is 2.07 bits per heavy atom. The molecule has 7 nitrogen and oxygen atoms in total. The molecule has 1 aliphatic rings. The number of rotatable bonds is 10. The molecule has 2 unspecified atom stereocenters. The standard InChI is InChI=1S/C21H34N4O3.HI/c1-17(19-8-5-4-6-9-19)28-12-7-11-22-21(24-15-20(26)25(2)3)23-14-18-10-13-27-16-18;/h4-6,8-9,17-18H,7,10-16H2,1-3H3,(H2,22,23,24);1H. The van der Waals surface area contributed by atoms with Gasteiger partial charge in [-0.25, -0.2) is 4.99 Å². The van der Waals surface area contributed by atoms with Gasteiger partial charge >= 0.3 is 0 Å². The minimum atomic E-state index is -0.0229. The summed E-state index contributed by atoms with van der Waals surface area (Å²) in [5, 5.41) is 6.63. The first-order chi connectivity index (χ1) is 13.6. The van der Waals surface area contributed by atoms with Crippen LogP contribution in [0.25, 0.3) is 0 Å². The highest BCUT2D eigenvalue weighted by Crippen LogP contribution is 2.15. The second-order valence-electron chi connectivity index (χ2n) is 7.27. The molecule has 1 amide bonds. The van der Waals surface area contributed by atoms with Crippen LogP contribution in [0.2, 0.25) is 0 Å². The summed E-state index contributed by atoms with van der Waals surface area (Å²) in [7, 11) is 3.47. The molecule has 0 saturated carbocycles. The van der Waals surface area contributed by atoms with E-state index in [2.05, 4.69) is 34.7 Å². The van der Waals surface area contributed by atoms with Crippen LogP contribution in [0.5, 0.6) is 0 Å². The van der Waals surface area contributed by atoms with Gasteiger partial charge in [0.25, 0.3) is 0 Å². The van der Waals surface area contributed by atoms with E-state index in [0.29, 0.717) is 18.5 Å². The van der Waals surface area contributed by atoms with Crippen LogP contribution in [-0.2, 0) is 14.3 Å². The minimum absolute atomic E-state index is 0. The van der Waals surface area contributed by atoms with Gasteiger partial charge in [-0.15, -0.1) is 24.0 Å². The predicted molar refractivity (Wildman–Crippen MR) is 127 cm³/mol. The number of benzene rings is 1. The first-order valence-corrected chi connectivity index (χ1v) is 10.0. The Morgan fingerprint density at radius 3 is 2.72 bits per heavy atom. The van der Waals surface area contributed by atoms with Gasteiger partial charge in [0.1, 0.15) is 6.54 Å². The van der Waals surface area contributed by atoms with E-state index in [1.165, 1.54) is 5.56 Å². The Balaban J connectivity index is 0.00000420. The number of aliphatic imine (C=N–C) groups is 1. The van der Waals surface area contributed by atoms with Gasteiger partial charge in [-0.2, -0.15) is 0 Å². The van der Waals surface area contributed by atoms with Gasteiger partial charge in [0, 0.05) is 46.3 Å². The lowest BCUT2D eigenvalue weighted by Gasteiger charge is -2.17. The van der Waals surface area contributed by atoms with E-state index in [0.717, 1.165) is 39.1 Å². The summed E-state index contributed by atoms with van der Waals surface area (Å²) in [6.45, 7) is 5.97. The van der Waals surface area contributed by atoms with Crippen molar-refractivity contribution in [1.82, 2.24) is 15.5 Å².